The summed E-state index contributed by atoms with van der Waals surface area (Å²) in [7, 11) is -3.42. The van der Waals surface area contributed by atoms with Gasteiger partial charge >= 0.3 is 0 Å². The van der Waals surface area contributed by atoms with E-state index >= 15 is 0 Å². The van der Waals surface area contributed by atoms with Crippen LogP contribution < -0.4 is 10.5 Å². The SMILES string of the molecule is N[C@H](Cc1cc(F)c(F)cc1F)[C@@H]1C[C@H]2CC[C@@H](C1)N2C(=O)CNS(=O)(=O)C1CC1. The van der Waals surface area contributed by atoms with Gasteiger partial charge in [-0.15, -0.1) is 0 Å². The van der Waals surface area contributed by atoms with Crippen molar-refractivity contribution in [1.82, 2.24) is 9.62 Å². The Bertz CT molecular complexity index is 925. The number of nitrogens with zero attached hydrogens (tertiary/aromatic N) is 1. The lowest BCUT2D eigenvalue weighted by Gasteiger charge is -2.41. The summed E-state index contributed by atoms with van der Waals surface area (Å²) in [6, 6.07) is 0.868. The summed E-state index contributed by atoms with van der Waals surface area (Å²) < 4.78 is 66.9. The van der Waals surface area contributed by atoms with Crippen molar-refractivity contribution in [1.29, 1.82) is 0 Å². The summed E-state index contributed by atoms with van der Waals surface area (Å²) in [6.45, 7) is -0.234. The first-order valence-corrected chi connectivity index (χ1v) is 11.9. The molecule has 6 nitrogen and oxygen atoms in total. The van der Waals surface area contributed by atoms with Crippen molar-refractivity contribution < 1.29 is 26.4 Å². The molecular formula is C20H26F3N3O3S. The van der Waals surface area contributed by atoms with Crippen LogP contribution in [0.15, 0.2) is 12.1 Å². The fraction of sp³-hybridized carbons (Fsp3) is 0.650. The highest BCUT2D eigenvalue weighted by Gasteiger charge is 2.45. The number of carbonyl (C=O) groups is 1. The van der Waals surface area contributed by atoms with Gasteiger partial charge in [-0.25, -0.2) is 26.3 Å². The average Bonchev–Trinajstić information content (AvgIpc) is 3.50. The molecule has 1 amide bonds. The third-order valence-corrected chi connectivity index (χ3v) is 8.49. The fourth-order valence-electron chi connectivity index (χ4n) is 4.87. The molecule has 166 valence electrons. The van der Waals surface area contributed by atoms with Crippen LogP contribution in [0, 0.1) is 23.4 Å². The number of benzene rings is 1. The lowest BCUT2D eigenvalue weighted by Crippen LogP contribution is -2.52. The summed E-state index contributed by atoms with van der Waals surface area (Å²) in [5.41, 5.74) is 6.33. The third kappa shape index (κ3) is 4.36. The van der Waals surface area contributed by atoms with Gasteiger partial charge in [-0.05, 0) is 62.5 Å². The number of fused-ring (bicyclic) bond motifs is 2. The molecule has 30 heavy (non-hydrogen) atoms. The smallest absolute Gasteiger partial charge is 0.238 e. The molecule has 10 heteroatoms. The van der Waals surface area contributed by atoms with Crippen molar-refractivity contribution in [2.75, 3.05) is 6.54 Å². The first kappa shape index (κ1) is 21.6. The Morgan fingerprint density at radius 1 is 1.07 bits per heavy atom. The van der Waals surface area contributed by atoms with Gasteiger partial charge in [0.25, 0.3) is 0 Å². The predicted molar refractivity (Wildman–Crippen MR) is 104 cm³/mol. The fourth-order valence-corrected chi connectivity index (χ4v) is 6.18. The van der Waals surface area contributed by atoms with E-state index in [1.165, 1.54) is 0 Å². The zero-order valence-corrected chi connectivity index (χ0v) is 17.3. The Kier molecular flexibility index (Phi) is 5.84. The number of piperidine rings is 1. The quantitative estimate of drug-likeness (QED) is 0.627. The summed E-state index contributed by atoms with van der Waals surface area (Å²) in [4.78, 5) is 14.4. The molecule has 0 unspecified atom stereocenters. The molecule has 2 heterocycles. The van der Waals surface area contributed by atoms with Crippen LogP contribution in [-0.4, -0.2) is 49.1 Å². The number of halogens is 3. The minimum atomic E-state index is -3.42. The van der Waals surface area contributed by atoms with Crippen molar-refractivity contribution >= 4 is 15.9 Å². The molecular weight excluding hydrogens is 419 g/mol. The van der Waals surface area contributed by atoms with Gasteiger partial charge < -0.3 is 10.6 Å². The van der Waals surface area contributed by atoms with E-state index in [2.05, 4.69) is 4.72 Å². The number of carbonyl (C=O) groups excluding carboxylic acids is 1. The summed E-state index contributed by atoms with van der Waals surface area (Å²) in [5, 5.41) is -0.373. The minimum Gasteiger partial charge on any atom is -0.336 e. The first-order chi connectivity index (χ1) is 14.2. The molecule has 3 fully saturated rings. The van der Waals surface area contributed by atoms with Crippen LogP contribution in [0.3, 0.4) is 0 Å². The standard InChI is InChI=1S/C20H26F3N3O3S/c21-16-9-18(23)17(22)7-11(16)8-19(24)12-5-13-1-2-14(6-12)26(13)20(27)10-25-30(28,29)15-3-4-15/h7,9,12-15,19,25H,1-6,8,10,24H2/t12-,13-,14+,19-/m1/s1. The van der Waals surface area contributed by atoms with Crippen LogP contribution in [0.5, 0.6) is 0 Å². The highest BCUT2D eigenvalue weighted by atomic mass is 32.2. The second-order valence-electron chi connectivity index (χ2n) is 8.71. The van der Waals surface area contributed by atoms with Crippen LogP contribution in [0.4, 0.5) is 13.2 Å². The normalized spacial score (nSPS) is 27.3. The Morgan fingerprint density at radius 3 is 2.27 bits per heavy atom. The molecule has 1 aliphatic carbocycles. The molecule has 0 radical (unpaired) electrons. The maximum atomic E-state index is 14.0. The molecule has 1 saturated carbocycles. The predicted octanol–water partition coefficient (Wildman–Crippen LogP) is 1.83. The molecule has 2 saturated heterocycles. The van der Waals surface area contributed by atoms with Gasteiger partial charge in [0.2, 0.25) is 15.9 Å². The molecule has 0 aromatic heterocycles. The Labute approximate surface area is 174 Å². The van der Waals surface area contributed by atoms with Gasteiger partial charge in [-0.1, -0.05) is 0 Å². The Morgan fingerprint density at radius 2 is 1.67 bits per heavy atom. The van der Waals surface area contributed by atoms with Gasteiger partial charge in [0.1, 0.15) is 5.82 Å². The molecule has 3 aliphatic rings. The average molecular weight is 446 g/mol. The van der Waals surface area contributed by atoms with Crippen LogP contribution in [0.1, 0.15) is 44.1 Å². The van der Waals surface area contributed by atoms with Gasteiger partial charge in [-0.2, -0.15) is 0 Å². The Balaban J connectivity index is 1.36. The topological polar surface area (TPSA) is 92.5 Å². The van der Waals surface area contributed by atoms with E-state index in [-0.39, 0.29) is 47.7 Å². The van der Waals surface area contributed by atoms with Crippen molar-refractivity contribution in [3.63, 3.8) is 0 Å². The lowest BCUT2D eigenvalue weighted by molar-refractivity contribution is -0.135. The van der Waals surface area contributed by atoms with Crippen LogP contribution in [0.2, 0.25) is 0 Å². The lowest BCUT2D eigenvalue weighted by atomic mass is 9.82. The van der Waals surface area contributed by atoms with E-state index in [0.717, 1.165) is 18.9 Å². The van der Waals surface area contributed by atoms with E-state index in [9.17, 15) is 26.4 Å². The van der Waals surface area contributed by atoms with Gasteiger partial charge in [0.15, 0.2) is 11.6 Å². The molecule has 1 aromatic carbocycles. The summed E-state index contributed by atoms with van der Waals surface area (Å²) >= 11 is 0. The summed E-state index contributed by atoms with van der Waals surface area (Å²) in [5.74, 6) is -3.37. The van der Waals surface area contributed by atoms with Crippen LogP contribution >= 0.6 is 0 Å². The van der Waals surface area contributed by atoms with E-state index in [1.807, 2.05) is 0 Å². The number of sulfonamides is 1. The molecule has 3 N–H and O–H groups in total. The molecule has 4 rings (SSSR count). The number of nitrogens with two attached hydrogens (primary N) is 1. The molecule has 2 bridgehead atoms. The number of nitrogens with one attached hydrogen (secondary N) is 1. The number of hydrogen-bond donors (Lipinski definition) is 2. The van der Waals surface area contributed by atoms with Gasteiger partial charge in [0, 0.05) is 24.2 Å². The third-order valence-electron chi connectivity index (χ3n) is 6.60. The van der Waals surface area contributed by atoms with Gasteiger partial charge in [0.05, 0.1) is 11.8 Å². The highest BCUT2D eigenvalue weighted by Crippen LogP contribution is 2.40. The van der Waals surface area contributed by atoms with E-state index in [4.69, 9.17) is 5.73 Å². The minimum absolute atomic E-state index is 0.0159. The molecule has 4 atom stereocenters. The largest absolute Gasteiger partial charge is 0.336 e. The first-order valence-electron chi connectivity index (χ1n) is 10.3. The number of amides is 1. The second-order valence-corrected chi connectivity index (χ2v) is 10.8. The molecule has 0 spiro atoms. The number of rotatable bonds is 7. The maximum Gasteiger partial charge on any atom is 0.238 e. The summed E-state index contributed by atoms with van der Waals surface area (Å²) in [6.07, 6.45) is 4.24. The van der Waals surface area contributed by atoms with Crippen LogP contribution in [0.25, 0.3) is 0 Å². The Hall–Kier alpha value is -1.65. The van der Waals surface area contributed by atoms with Crippen molar-refractivity contribution in [2.45, 2.75) is 68.3 Å². The highest BCUT2D eigenvalue weighted by molar-refractivity contribution is 7.90. The van der Waals surface area contributed by atoms with E-state index in [1.54, 1.807) is 4.90 Å². The molecule has 1 aromatic rings. The monoisotopic (exact) mass is 445 g/mol. The van der Waals surface area contributed by atoms with E-state index < -0.39 is 33.5 Å². The zero-order chi connectivity index (χ0) is 21.6. The zero-order valence-electron chi connectivity index (χ0n) is 16.5. The van der Waals surface area contributed by atoms with Crippen LogP contribution in [-0.2, 0) is 21.2 Å². The molecule has 2 aliphatic heterocycles. The maximum absolute atomic E-state index is 14.0. The van der Waals surface area contributed by atoms with Crippen molar-refractivity contribution in [2.24, 2.45) is 11.7 Å². The van der Waals surface area contributed by atoms with Crippen molar-refractivity contribution in [3.8, 4) is 0 Å². The second kappa shape index (κ2) is 8.12. The number of hydrogen-bond acceptors (Lipinski definition) is 4. The van der Waals surface area contributed by atoms with E-state index in [0.29, 0.717) is 31.7 Å². The van der Waals surface area contributed by atoms with Gasteiger partial charge in [-0.3, -0.25) is 4.79 Å². The van der Waals surface area contributed by atoms with Crippen molar-refractivity contribution in [3.05, 3.63) is 35.1 Å².